The van der Waals surface area contributed by atoms with Gasteiger partial charge in [0.25, 0.3) is 5.91 Å². The minimum Gasteiger partial charge on any atom is -0.390 e. The minimum absolute atomic E-state index is 0.0285. The SMILES string of the molecule is CCC[C@H](NC(=O)[C@@H]1C[C@@]2(CN1C(=O)[C@@H](NC(=O)C(N=CN)C1CCCCC1)C(C)(C)C)C(C)(C)C21CCC1)C(=O)C(=O)NC1CC1. The highest BCUT2D eigenvalue weighted by molar-refractivity contribution is 6.38. The fraction of sp³-hybridized carbons (Fsp3) is 0.833. The van der Waals surface area contributed by atoms with Crippen molar-refractivity contribution >= 4 is 35.8 Å². The minimum atomic E-state index is -0.965. The van der Waals surface area contributed by atoms with E-state index < -0.39 is 47.2 Å². The summed E-state index contributed by atoms with van der Waals surface area (Å²) in [6.45, 7) is 12.6. The van der Waals surface area contributed by atoms with Crippen molar-refractivity contribution in [1.82, 2.24) is 20.9 Å². The van der Waals surface area contributed by atoms with E-state index in [0.717, 1.165) is 64.2 Å². The van der Waals surface area contributed by atoms with Crippen molar-refractivity contribution in [3.8, 4) is 0 Å². The summed E-state index contributed by atoms with van der Waals surface area (Å²) >= 11 is 0. The predicted molar refractivity (Wildman–Crippen MR) is 180 cm³/mol. The molecule has 5 aliphatic rings. The Morgan fingerprint density at radius 2 is 1.62 bits per heavy atom. The van der Waals surface area contributed by atoms with Crippen molar-refractivity contribution in [3.05, 3.63) is 0 Å². The largest absolute Gasteiger partial charge is 0.390 e. The molecule has 1 heterocycles. The highest BCUT2D eigenvalue weighted by atomic mass is 16.2. The summed E-state index contributed by atoms with van der Waals surface area (Å²) in [5.74, 6) is -2.28. The van der Waals surface area contributed by atoms with Gasteiger partial charge in [0, 0.05) is 18.0 Å². The third-order valence-corrected chi connectivity index (χ3v) is 12.8. The number of amides is 4. The Balaban J connectivity index is 1.41. The molecule has 11 nitrogen and oxygen atoms in total. The van der Waals surface area contributed by atoms with Crippen molar-refractivity contribution in [2.24, 2.45) is 38.3 Å². The lowest BCUT2D eigenvalue weighted by atomic mass is 9.73. The zero-order valence-corrected chi connectivity index (χ0v) is 29.5. The number of fused-ring (bicyclic) bond motifs is 1. The summed E-state index contributed by atoms with van der Waals surface area (Å²) in [5.41, 5.74) is 4.81. The van der Waals surface area contributed by atoms with Gasteiger partial charge in [-0.25, -0.2) is 0 Å². The second-order valence-corrected chi connectivity index (χ2v) is 16.7. The summed E-state index contributed by atoms with van der Waals surface area (Å²) in [6, 6.07) is -3.34. The quantitative estimate of drug-likeness (QED) is 0.143. The molecule has 262 valence electrons. The van der Waals surface area contributed by atoms with Crippen LogP contribution in [0.1, 0.15) is 125 Å². The van der Waals surface area contributed by atoms with E-state index in [9.17, 15) is 24.0 Å². The van der Waals surface area contributed by atoms with Crippen LogP contribution in [0.5, 0.6) is 0 Å². The average Bonchev–Trinajstić information content (AvgIpc) is 3.82. The first-order chi connectivity index (χ1) is 22.1. The highest BCUT2D eigenvalue weighted by Gasteiger charge is 2.85. The van der Waals surface area contributed by atoms with Gasteiger partial charge in [-0.3, -0.25) is 29.0 Å². The second-order valence-electron chi connectivity index (χ2n) is 16.7. The molecule has 4 aliphatic carbocycles. The van der Waals surface area contributed by atoms with Crippen LogP contribution in [-0.4, -0.2) is 77.4 Å². The highest BCUT2D eigenvalue weighted by Crippen LogP contribution is 2.88. The lowest BCUT2D eigenvalue weighted by molar-refractivity contribution is -0.145. The standard InChI is InChI=1S/C36H58N6O5/c1-7-12-24(27(43)31(46)39-23-15-16-23)40-29(44)25-19-36(34(5,6)35(36)17-11-18-35)20-42(25)32(47)28(33(2,3)4)41-30(45)26(38-21-37)22-13-9-8-10-14-22/h21-26,28H,7-20H2,1-6H3,(H2,37,38)(H,39,46)(H,40,44)(H,41,45)/t24-,25-,26?,28+,36+/m0/s1. The molecule has 0 bridgehead atoms. The van der Waals surface area contributed by atoms with Crippen LogP contribution in [0.15, 0.2) is 4.99 Å². The van der Waals surface area contributed by atoms with Crippen molar-refractivity contribution < 1.29 is 24.0 Å². The molecule has 1 unspecified atom stereocenters. The fourth-order valence-corrected chi connectivity index (χ4v) is 9.52. The molecule has 1 aliphatic heterocycles. The Morgan fingerprint density at radius 1 is 0.957 bits per heavy atom. The summed E-state index contributed by atoms with van der Waals surface area (Å²) in [6.07, 6.45) is 12.5. The van der Waals surface area contributed by atoms with Crippen LogP contribution in [0.25, 0.3) is 0 Å². The van der Waals surface area contributed by atoms with E-state index in [0.29, 0.717) is 25.8 Å². The number of rotatable bonds is 12. The van der Waals surface area contributed by atoms with E-state index in [1.165, 1.54) is 6.34 Å². The lowest BCUT2D eigenvalue weighted by Crippen LogP contribution is -2.60. The summed E-state index contributed by atoms with van der Waals surface area (Å²) in [5, 5.41) is 8.73. The molecule has 0 radical (unpaired) electrons. The van der Waals surface area contributed by atoms with E-state index >= 15 is 0 Å². The van der Waals surface area contributed by atoms with Crippen LogP contribution in [0.2, 0.25) is 0 Å². The number of nitrogens with one attached hydrogen (secondary N) is 3. The van der Waals surface area contributed by atoms with Gasteiger partial charge in [-0.1, -0.05) is 73.6 Å². The summed E-state index contributed by atoms with van der Waals surface area (Å²) < 4.78 is 0. The molecule has 5 rings (SSSR count). The van der Waals surface area contributed by atoms with E-state index in [2.05, 4.69) is 34.8 Å². The Bertz CT molecular complexity index is 1270. The second kappa shape index (κ2) is 13.1. The first kappa shape index (κ1) is 35.3. The molecule has 2 spiro atoms. The Kier molecular flexibility index (Phi) is 9.88. The first-order valence-corrected chi connectivity index (χ1v) is 18.1. The third kappa shape index (κ3) is 6.32. The van der Waals surface area contributed by atoms with Gasteiger partial charge in [0.2, 0.25) is 23.5 Å². The van der Waals surface area contributed by atoms with Crippen molar-refractivity contribution in [2.45, 2.75) is 155 Å². The number of likely N-dealkylation sites (tertiary alicyclic amines) is 1. The van der Waals surface area contributed by atoms with Crippen LogP contribution < -0.4 is 21.7 Å². The average molecular weight is 655 g/mol. The van der Waals surface area contributed by atoms with Crippen LogP contribution in [-0.2, 0) is 24.0 Å². The Labute approximate surface area is 280 Å². The number of nitrogens with zero attached hydrogens (tertiary/aromatic N) is 2. The molecular formula is C36H58N6O5. The van der Waals surface area contributed by atoms with Gasteiger partial charge in [0.15, 0.2) is 0 Å². The number of hydrogen-bond donors (Lipinski definition) is 4. The Morgan fingerprint density at radius 3 is 2.13 bits per heavy atom. The van der Waals surface area contributed by atoms with Gasteiger partial charge in [0.1, 0.15) is 18.1 Å². The smallest absolute Gasteiger partial charge is 0.289 e. The maximum absolute atomic E-state index is 14.8. The predicted octanol–water partition coefficient (Wildman–Crippen LogP) is 3.38. The van der Waals surface area contributed by atoms with Crippen molar-refractivity contribution in [1.29, 1.82) is 0 Å². The number of ketones is 1. The monoisotopic (exact) mass is 654 g/mol. The van der Waals surface area contributed by atoms with E-state index in [1.807, 2.05) is 27.7 Å². The van der Waals surface area contributed by atoms with E-state index in [1.54, 1.807) is 4.90 Å². The van der Waals surface area contributed by atoms with Crippen LogP contribution in [0.3, 0.4) is 0 Å². The normalized spacial score (nSPS) is 28.4. The van der Waals surface area contributed by atoms with E-state index in [-0.39, 0.29) is 40.0 Å². The van der Waals surface area contributed by atoms with Gasteiger partial charge in [-0.05, 0) is 73.5 Å². The van der Waals surface area contributed by atoms with Crippen LogP contribution >= 0.6 is 0 Å². The molecule has 5 N–H and O–H groups in total. The van der Waals surface area contributed by atoms with Gasteiger partial charge in [-0.2, -0.15) is 0 Å². The molecular weight excluding hydrogens is 596 g/mol. The molecule has 5 atom stereocenters. The van der Waals surface area contributed by atoms with Gasteiger partial charge >= 0.3 is 0 Å². The van der Waals surface area contributed by atoms with Crippen molar-refractivity contribution in [2.75, 3.05) is 6.54 Å². The molecule has 5 fully saturated rings. The first-order valence-electron chi connectivity index (χ1n) is 18.1. The third-order valence-electron chi connectivity index (χ3n) is 12.8. The van der Waals surface area contributed by atoms with Crippen LogP contribution in [0.4, 0.5) is 0 Å². The van der Waals surface area contributed by atoms with Gasteiger partial charge in [0.05, 0.1) is 12.4 Å². The lowest BCUT2D eigenvalue weighted by Gasteiger charge is -2.37. The summed E-state index contributed by atoms with van der Waals surface area (Å²) in [7, 11) is 0. The molecule has 47 heavy (non-hydrogen) atoms. The molecule has 1 saturated heterocycles. The molecule has 0 aromatic heterocycles. The Hall–Kier alpha value is -2.98. The summed E-state index contributed by atoms with van der Waals surface area (Å²) in [4.78, 5) is 74.8. The topological polar surface area (TPSA) is 163 Å². The number of carbonyl (C=O) groups excluding carboxylic acids is 5. The number of hydrogen-bond acceptors (Lipinski definition) is 6. The van der Waals surface area contributed by atoms with Crippen molar-refractivity contribution in [3.63, 3.8) is 0 Å². The number of nitrogens with two attached hydrogens (primary N) is 1. The van der Waals surface area contributed by atoms with Crippen LogP contribution in [0, 0.1) is 27.6 Å². The number of aliphatic imine (C=N–C) groups is 1. The zero-order chi connectivity index (χ0) is 34.4. The zero-order valence-electron chi connectivity index (χ0n) is 29.5. The molecule has 4 saturated carbocycles. The van der Waals surface area contributed by atoms with E-state index in [4.69, 9.17) is 5.73 Å². The number of carbonyl (C=O) groups is 5. The maximum Gasteiger partial charge on any atom is 0.289 e. The molecule has 0 aromatic rings. The van der Waals surface area contributed by atoms with Gasteiger partial charge < -0.3 is 26.6 Å². The number of Topliss-reactive ketones (excluding diaryl/α,β-unsaturated/α-hetero) is 1. The van der Waals surface area contributed by atoms with Gasteiger partial charge in [-0.15, -0.1) is 0 Å². The molecule has 11 heteroatoms. The molecule has 0 aromatic carbocycles. The fourth-order valence-electron chi connectivity index (χ4n) is 9.52. The molecule has 4 amide bonds. The maximum atomic E-state index is 14.8.